The summed E-state index contributed by atoms with van der Waals surface area (Å²) in [5, 5.41) is 0. The molecule has 0 heterocycles. The molecule has 0 saturated carbocycles. The molecule has 0 N–H and O–H groups in total. The van der Waals surface area contributed by atoms with Gasteiger partial charge in [0.15, 0.2) is 0 Å². The summed E-state index contributed by atoms with van der Waals surface area (Å²) in [6, 6.07) is 1.54. The molecule has 0 aromatic rings. The van der Waals surface area contributed by atoms with Crippen LogP contribution in [0.3, 0.4) is 0 Å². The molecule has 0 aliphatic heterocycles. The molecule has 148 valence electrons. The fraction of sp³-hybridized carbons (Fsp3) is 1.00. The van der Waals surface area contributed by atoms with E-state index in [1.165, 1.54) is 0 Å². The Kier molecular flexibility index (Phi) is 13.7. The van der Waals surface area contributed by atoms with Gasteiger partial charge < -0.3 is 26.6 Å². The van der Waals surface area contributed by atoms with E-state index < -0.39 is 25.7 Å². The molecule has 0 spiro atoms. The number of rotatable bonds is 15. The van der Waals surface area contributed by atoms with Crippen molar-refractivity contribution >= 4 is 58.8 Å². The molecule has 0 unspecified atom stereocenters. The molecular weight excluding hydrogens is 425 g/mol. The Labute approximate surface area is 164 Å². The third-order valence-electron chi connectivity index (χ3n) is 3.90. The Hall–Kier alpha value is 1.59. The van der Waals surface area contributed by atoms with Crippen LogP contribution < -0.4 is 0 Å². The zero-order valence-corrected chi connectivity index (χ0v) is 20.8. The van der Waals surface area contributed by atoms with Crippen molar-refractivity contribution in [2.45, 2.75) is 24.9 Å². The summed E-state index contributed by atoms with van der Waals surface area (Å²) >= 11 is 9.35. The van der Waals surface area contributed by atoms with E-state index in [4.69, 9.17) is 38.2 Å². The van der Waals surface area contributed by atoms with E-state index in [-0.39, 0.29) is 0 Å². The standard InChI is InChI=1S/C12H32O6S4Si2/c1-13-23(14-2,15-3)11-7-9-22(20,21-19)10-8-12-24(16-4,17-5)18-6/h19-20H,7-12H2,1-6H3. The second-order valence-corrected chi connectivity index (χ2v) is 20.3. The second kappa shape index (κ2) is 12.9. The summed E-state index contributed by atoms with van der Waals surface area (Å²) in [4.78, 5) is 0. The third-order valence-corrected chi connectivity index (χ3v) is 18.9. The highest BCUT2D eigenvalue weighted by atomic mass is 33.7. The molecule has 0 radical (unpaired) electrons. The summed E-state index contributed by atoms with van der Waals surface area (Å²) < 4.78 is 32.8. The maximum Gasteiger partial charge on any atom is 0.500 e. The summed E-state index contributed by atoms with van der Waals surface area (Å²) in [7, 11) is 5.15. The van der Waals surface area contributed by atoms with Crippen molar-refractivity contribution in [2.75, 3.05) is 54.2 Å². The summed E-state index contributed by atoms with van der Waals surface area (Å²) in [6.07, 6.45) is 1.85. The Bertz CT molecular complexity index is 292. The molecule has 0 aliphatic rings. The average molecular weight is 457 g/mol. The normalized spacial score (nSPS) is 14.2. The van der Waals surface area contributed by atoms with E-state index in [1.54, 1.807) is 52.5 Å². The first kappa shape index (κ1) is 25.6. The summed E-state index contributed by atoms with van der Waals surface area (Å²) in [5.41, 5.74) is 0. The smallest absolute Gasteiger partial charge is 0.377 e. The lowest BCUT2D eigenvalue weighted by molar-refractivity contribution is 0.123. The van der Waals surface area contributed by atoms with Crippen molar-refractivity contribution in [2.24, 2.45) is 0 Å². The number of thiol groups is 2. The molecule has 6 nitrogen and oxygen atoms in total. The lowest BCUT2D eigenvalue weighted by atomic mass is 10.6. The van der Waals surface area contributed by atoms with Gasteiger partial charge in [-0.25, -0.2) is 0 Å². The van der Waals surface area contributed by atoms with Gasteiger partial charge in [-0.3, -0.25) is 0 Å². The van der Waals surface area contributed by atoms with E-state index in [0.717, 1.165) is 36.4 Å². The van der Waals surface area contributed by atoms with E-state index in [2.05, 4.69) is 11.7 Å². The third kappa shape index (κ3) is 8.09. The van der Waals surface area contributed by atoms with Crippen LogP contribution in [0.5, 0.6) is 0 Å². The van der Waals surface area contributed by atoms with Crippen molar-refractivity contribution < 1.29 is 26.6 Å². The monoisotopic (exact) mass is 456 g/mol. The first-order valence-electron chi connectivity index (χ1n) is 7.49. The minimum absolute atomic E-state index is 0.771. The van der Waals surface area contributed by atoms with Gasteiger partial charge in [0.05, 0.1) is 0 Å². The van der Waals surface area contributed by atoms with Gasteiger partial charge in [0.2, 0.25) is 0 Å². The van der Waals surface area contributed by atoms with Crippen molar-refractivity contribution in [3.8, 4) is 0 Å². The van der Waals surface area contributed by atoms with E-state index in [0.29, 0.717) is 0 Å². The lowest BCUT2D eigenvalue weighted by Gasteiger charge is -2.33. The molecule has 0 aromatic heterocycles. The first-order valence-corrected chi connectivity index (χ1v) is 16.8. The van der Waals surface area contributed by atoms with Gasteiger partial charge in [0, 0.05) is 54.7 Å². The molecule has 0 fully saturated rings. The van der Waals surface area contributed by atoms with Crippen LogP contribution in [0.2, 0.25) is 12.1 Å². The largest absolute Gasteiger partial charge is 0.500 e. The molecule has 0 amide bonds. The molecule has 0 aromatic carbocycles. The Morgan fingerprint density at radius 2 is 1.00 bits per heavy atom. The molecule has 0 bridgehead atoms. The maximum atomic E-state index is 5.46. The van der Waals surface area contributed by atoms with Crippen molar-refractivity contribution in [1.82, 2.24) is 0 Å². The van der Waals surface area contributed by atoms with Gasteiger partial charge >= 0.3 is 17.6 Å². The molecule has 0 aliphatic carbocycles. The molecule has 24 heavy (non-hydrogen) atoms. The summed E-state index contributed by atoms with van der Waals surface area (Å²) in [6.45, 7) is 0. The zero-order chi connectivity index (χ0) is 18.7. The van der Waals surface area contributed by atoms with Gasteiger partial charge in [0.25, 0.3) is 0 Å². The van der Waals surface area contributed by atoms with Crippen molar-refractivity contribution in [3.63, 3.8) is 0 Å². The predicted octanol–water partition coefficient (Wildman–Crippen LogP) is 3.67. The van der Waals surface area contributed by atoms with Gasteiger partial charge in [-0.15, -0.1) is 31.4 Å². The first-order chi connectivity index (χ1) is 11.3. The van der Waals surface area contributed by atoms with Crippen LogP contribution in [-0.2, 0) is 26.6 Å². The lowest BCUT2D eigenvalue weighted by Crippen LogP contribution is -2.43. The Morgan fingerprint density at radius 1 is 0.708 bits per heavy atom. The molecule has 12 heteroatoms. The number of hydrogen-bond donors (Lipinski definition) is 2. The topological polar surface area (TPSA) is 55.4 Å². The fourth-order valence-electron chi connectivity index (χ4n) is 2.32. The minimum Gasteiger partial charge on any atom is -0.377 e. The van der Waals surface area contributed by atoms with Crippen LogP contribution in [0.25, 0.3) is 0 Å². The van der Waals surface area contributed by atoms with Crippen LogP contribution in [0.4, 0.5) is 0 Å². The molecule has 0 atom stereocenters. The maximum absolute atomic E-state index is 5.46. The van der Waals surface area contributed by atoms with Crippen LogP contribution in [0.15, 0.2) is 0 Å². The zero-order valence-electron chi connectivity index (χ0n) is 15.4. The number of hydrogen-bond acceptors (Lipinski definition) is 9. The average Bonchev–Trinajstić information content (AvgIpc) is 2.63. The van der Waals surface area contributed by atoms with Gasteiger partial charge in [0.1, 0.15) is 0 Å². The van der Waals surface area contributed by atoms with Crippen molar-refractivity contribution in [1.29, 1.82) is 0 Å². The van der Waals surface area contributed by atoms with Crippen LogP contribution in [0, 0.1) is 0 Å². The van der Waals surface area contributed by atoms with Crippen LogP contribution >= 0.6 is 41.2 Å². The Balaban J connectivity index is 4.49. The summed E-state index contributed by atoms with van der Waals surface area (Å²) in [5.74, 6) is 1.91. The SMILES string of the molecule is CO[Si](CCCS(S)(CCC[Si](OC)(OC)OC)SS)(OC)OC. The quantitative estimate of drug-likeness (QED) is 0.221. The van der Waals surface area contributed by atoms with Gasteiger partial charge in [-0.05, 0) is 34.2 Å². The van der Waals surface area contributed by atoms with Gasteiger partial charge in [-0.2, -0.15) is 0 Å². The van der Waals surface area contributed by atoms with Crippen molar-refractivity contribution in [3.05, 3.63) is 0 Å². The van der Waals surface area contributed by atoms with Crippen LogP contribution in [0.1, 0.15) is 12.8 Å². The van der Waals surface area contributed by atoms with E-state index in [1.807, 2.05) is 0 Å². The molecular formula is C12H32O6S4Si2. The van der Waals surface area contributed by atoms with E-state index >= 15 is 0 Å². The highest BCUT2D eigenvalue weighted by Crippen LogP contribution is 2.66. The van der Waals surface area contributed by atoms with E-state index in [9.17, 15) is 0 Å². The highest BCUT2D eigenvalue weighted by Gasteiger charge is 2.39. The molecule has 0 rings (SSSR count). The van der Waals surface area contributed by atoms with Gasteiger partial charge in [-0.1, -0.05) is 0 Å². The second-order valence-electron chi connectivity index (χ2n) is 5.05. The fourth-order valence-corrected chi connectivity index (χ4v) is 11.1. The highest BCUT2D eigenvalue weighted by molar-refractivity contribution is 9.33. The predicted molar refractivity (Wildman–Crippen MR) is 115 cm³/mol. The molecule has 0 saturated heterocycles. The Morgan fingerprint density at radius 3 is 1.21 bits per heavy atom. The van der Waals surface area contributed by atoms with Crippen LogP contribution in [-0.4, -0.2) is 71.8 Å². The minimum atomic E-state index is -2.52.